The van der Waals surface area contributed by atoms with Gasteiger partial charge >= 0.3 is 11.9 Å². The molecule has 0 rings (SSSR count). The Balaban J connectivity index is 3.65. The Labute approximate surface area is 260 Å². The van der Waals surface area contributed by atoms with E-state index in [0.29, 0.717) is 12.8 Å². The number of carboxylic acid groups (broad SMARTS) is 1. The molecule has 0 aromatic rings. The van der Waals surface area contributed by atoms with Crippen molar-refractivity contribution in [1.82, 2.24) is 0 Å². The van der Waals surface area contributed by atoms with E-state index in [4.69, 9.17) is 4.74 Å². The van der Waals surface area contributed by atoms with E-state index in [1.54, 1.807) is 0 Å². The Morgan fingerprint density at radius 1 is 0.571 bits per heavy atom. The smallest absolute Gasteiger partial charge is 0.307 e. The van der Waals surface area contributed by atoms with E-state index in [2.05, 4.69) is 50.3 Å². The zero-order valence-electron chi connectivity index (χ0n) is 27.8. The van der Waals surface area contributed by atoms with Gasteiger partial charge in [0, 0.05) is 6.42 Å². The number of ether oxygens (including phenoxy) is 1. The predicted octanol–water partition coefficient (Wildman–Crippen LogP) is 12.2. The lowest BCUT2D eigenvalue weighted by Gasteiger charge is -2.16. The van der Waals surface area contributed by atoms with Gasteiger partial charge in [0.1, 0.15) is 6.10 Å². The number of esters is 1. The van der Waals surface area contributed by atoms with Gasteiger partial charge in [0.05, 0.1) is 6.42 Å². The van der Waals surface area contributed by atoms with Crippen molar-refractivity contribution < 1.29 is 19.4 Å². The van der Waals surface area contributed by atoms with E-state index in [0.717, 1.165) is 51.4 Å². The van der Waals surface area contributed by atoms with E-state index in [1.807, 2.05) is 0 Å². The topological polar surface area (TPSA) is 63.6 Å². The molecular formula is C38H68O4. The summed E-state index contributed by atoms with van der Waals surface area (Å²) in [6.45, 7) is 4.41. The van der Waals surface area contributed by atoms with Gasteiger partial charge in [-0.15, -0.1) is 0 Å². The molecule has 244 valence electrons. The first-order chi connectivity index (χ1) is 20.6. The number of unbranched alkanes of at least 4 members (excludes halogenated alkanes) is 19. The number of carboxylic acids is 1. The monoisotopic (exact) mass is 589 g/mol. The van der Waals surface area contributed by atoms with E-state index in [-0.39, 0.29) is 12.4 Å². The zero-order valence-corrected chi connectivity index (χ0v) is 27.8. The molecule has 0 spiro atoms. The molecule has 4 nitrogen and oxygen atoms in total. The maximum atomic E-state index is 12.3. The first-order valence-electron chi connectivity index (χ1n) is 18.0. The van der Waals surface area contributed by atoms with Gasteiger partial charge in [-0.3, -0.25) is 9.59 Å². The highest BCUT2D eigenvalue weighted by molar-refractivity contribution is 5.71. The van der Waals surface area contributed by atoms with Crippen LogP contribution in [0.5, 0.6) is 0 Å². The molecule has 0 amide bonds. The summed E-state index contributed by atoms with van der Waals surface area (Å²) in [7, 11) is 0. The molecule has 0 radical (unpaired) electrons. The normalized spacial score (nSPS) is 12.6. The molecule has 0 aliphatic carbocycles. The van der Waals surface area contributed by atoms with Crippen LogP contribution in [0.25, 0.3) is 0 Å². The van der Waals surface area contributed by atoms with E-state index in [9.17, 15) is 14.7 Å². The van der Waals surface area contributed by atoms with Crippen LogP contribution < -0.4 is 0 Å². The second-order valence-corrected chi connectivity index (χ2v) is 12.0. The fourth-order valence-electron chi connectivity index (χ4n) is 5.27. The summed E-state index contributed by atoms with van der Waals surface area (Å²) in [6, 6.07) is 0. The molecule has 0 bridgehead atoms. The number of hydrogen-bond donors (Lipinski definition) is 1. The third-order valence-corrected chi connectivity index (χ3v) is 7.86. The van der Waals surface area contributed by atoms with Gasteiger partial charge in [-0.2, -0.15) is 0 Å². The molecular weight excluding hydrogens is 520 g/mol. The van der Waals surface area contributed by atoms with Crippen LogP contribution in [0.3, 0.4) is 0 Å². The molecule has 1 unspecified atom stereocenters. The van der Waals surface area contributed by atoms with Crippen molar-refractivity contribution in [2.75, 3.05) is 0 Å². The summed E-state index contributed by atoms with van der Waals surface area (Å²) in [6.07, 6.45) is 43.0. The third-order valence-electron chi connectivity index (χ3n) is 7.86. The zero-order chi connectivity index (χ0) is 30.8. The minimum atomic E-state index is -0.883. The Morgan fingerprint density at radius 3 is 1.55 bits per heavy atom. The average molecular weight is 589 g/mol. The molecule has 0 saturated heterocycles. The summed E-state index contributed by atoms with van der Waals surface area (Å²) in [4.78, 5) is 23.5. The van der Waals surface area contributed by atoms with Gasteiger partial charge in [0.2, 0.25) is 0 Å². The largest absolute Gasteiger partial charge is 0.481 e. The van der Waals surface area contributed by atoms with Crippen molar-refractivity contribution >= 4 is 11.9 Å². The Hall–Kier alpha value is -1.84. The summed E-state index contributed by atoms with van der Waals surface area (Å²) >= 11 is 0. The fraction of sp³-hybridized carbons (Fsp3) is 0.789. The summed E-state index contributed by atoms with van der Waals surface area (Å²) < 4.78 is 5.56. The van der Waals surface area contributed by atoms with Crippen LogP contribution in [0.2, 0.25) is 0 Å². The first-order valence-corrected chi connectivity index (χ1v) is 18.0. The quantitative estimate of drug-likeness (QED) is 0.0482. The van der Waals surface area contributed by atoms with Crippen molar-refractivity contribution in [2.24, 2.45) is 0 Å². The molecule has 0 fully saturated rings. The molecule has 0 aromatic carbocycles. The Bertz CT molecular complexity index is 679. The average Bonchev–Trinajstić information content (AvgIpc) is 2.96. The molecule has 0 aliphatic heterocycles. The van der Waals surface area contributed by atoms with Crippen LogP contribution in [0.4, 0.5) is 0 Å². The number of carbonyl (C=O) groups is 2. The SMILES string of the molecule is CC/C=C\C/C=C\C/C=C\CCCCCCCCCCCC(=O)OC(CCCCCCCCCCCCC)CC(=O)O. The minimum absolute atomic E-state index is 0.0751. The molecule has 0 heterocycles. The lowest BCUT2D eigenvalue weighted by Crippen LogP contribution is -2.21. The Kier molecular flexibility index (Phi) is 32.2. The summed E-state index contributed by atoms with van der Waals surface area (Å²) in [5, 5.41) is 9.22. The van der Waals surface area contributed by atoms with E-state index in [1.165, 1.54) is 103 Å². The minimum Gasteiger partial charge on any atom is -0.481 e. The van der Waals surface area contributed by atoms with Crippen molar-refractivity contribution in [2.45, 2.75) is 193 Å². The van der Waals surface area contributed by atoms with Gasteiger partial charge in [0.15, 0.2) is 0 Å². The van der Waals surface area contributed by atoms with E-state index >= 15 is 0 Å². The standard InChI is InChI=1S/C38H68O4/c1-3-5-7-9-11-13-15-16-17-18-19-20-21-22-24-26-28-30-32-34-38(41)42-36(35-37(39)40)33-31-29-27-25-23-14-12-10-8-6-4-2/h5,7,11,13,16-17,36H,3-4,6,8-10,12,14-15,18-35H2,1-2H3,(H,39,40)/b7-5-,13-11-,17-16-. The molecule has 0 aliphatic rings. The highest BCUT2D eigenvalue weighted by atomic mass is 16.5. The third kappa shape index (κ3) is 32.7. The van der Waals surface area contributed by atoms with Crippen LogP contribution in [0.1, 0.15) is 187 Å². The van der Waals surface area contributed by atoms with Gasteiger partial charge in [-0.1, -0.05) is 159 Å². The van der Waals surface area contributed by atoms with Crippen LogP contribution in [-0.2, 0) is 14.3 Å². The Morgan fingerprint density at radius 2 is 1.02 bits per heavy atom. The van der Waals surface area contributed by atoms with Crippen molar-refractivity contribution in [3.63, 3.8) is 0 Å². The van der Waals surface area contributed by atoms with Crippen molar-refractivity contribution in [3.8, 4) is 0 Å². The molecule has 0 saturated carbocycles. The lowest BCUT2D eigenvalue weighted by molar-refractivity contribution is -0.153. The predicted molar refractivity (Wildman–Crippen MR) is 181 cm³/mol. The summed E-state index contributed by atoms with van der Waals surface area (Å²) in [5.41, 5.74) is 0. The molecule has 4 heteroatoms. The fourth-order valence-corrected chi connectivity index (χ4v) is 5.27. The second kappa shape index (κ2) is 33.7. The second-order valence-electron chi connectivity index (χ2n) is 12.0. The number of carbonyl (C=O) groups excluding carboxylic acids is 1. The van der Waals surface area contributed by atoms with Gasteiger partial charge < -0.3 is 9.84 Å². The molecule has 0 aromatic heterocycles. The number of hydrogen-bond acceptors (Lipinski definition) is 3. The molecule has 42 heavy (non-hydrogen) atoms. The highest BCUT2D eigenvalue weighted by Gasteiger charge is 2.17. The first kappa shape index (κ1) is 40.2. The van der Waals surface area contributed by atoms with Crippen molar-refractivity contribution in [3.05, 3.63) is 36.5 Å². The molecule has 1 N–H and O–H groups in total. The van der Waals surface area contributed by atoms with Gasteiger partial charge in [-0.25, -0.2) is 0 Å². The lowest BCUT2D eigenvalue weighted by atomic mass is 10.0. The van der Waals surface area contributed by atoms with Crippen LogP contribution in [0.15, 0.2) is 36.5 Å². The van der Waals surface area contributed by atoms with Gasteiger partial charge in [-0.05, 0) is 51.4 Å². The maximum absolute atomic E-state index is 12.3. The number of allylic oxidation sites excluding steroid dienone is 6. The van der Waals surface area contributed by atoms with Gasteiger partial charge in [0.25, 0.3) is 0 Å². The van der Waals surface area contributed by atoms with Crippen molar-refractivity contribution in [1.29, 1.82) is 0 Å². The van der Waals surface area contributed by atoms with Crippen LogP contribution >= 0.6 is 0 Å². The highest BCUT2D eigenvalue weighted by Crippen LogP contribution is 2.17. The maximum Gasteiger partial charge on any atom is 0.307 e. The van der Waals surface area contributed by atoms with E-state index < -0.39 is 12.1 Å². The number of aliphatic carboxylic acids is 1. The van der Waals surface area contributed by atoms with Crippen LogP contribution in [0, 0.1) is 0 Å². The molecule has 1 atom stereocenters. The summed E-state index contributed by atoms with van der Waals surface area (Å²) in [5.74, 6) is -1.11. The van der Waals surface area contributed by atoms with Crippen LogP contribution in [-0.4, -0.2) is 23.1 Å². The number of rotatable bonds is 32.